The van der Waals surface area contributed by atoms with Crippen LogP contribution in [0.4, 0.5) is 0 Å². The average Bonchev–Trinajstić information content (AvgIpc) is 2.82. The van der Waals surface area contributed by atoms with E-state index in [1.807, 2.05) is 6.92 Å². The molecule has 9 heteroatoms. The Morgan fingerprint density at radius 2 is 1.71 bits per heavy atom. The molecule has 4 nitrogen and oxygen atoms in total. The zero-order chi connectivity index (χ0) is 25.4. The lowest BCUT2D eigenvalue weighted by Crippen LogP contribution is -2.52. The van der Waals surface area contributed by atoms with Gasteiger partial charge in [0.1, 0.15) is 6.04 Å². The molecular weight excluding hydrogens is 546 g/mol. The molecule has 190 valence electrons. The maximum absolute atomic E-state index is 13.5. The minimum absolute atomic E-state index is 0.114. The molecule has 1 saturated carbocycles. The van der Waals surface area contributed by atoms with Gasteiger partial charge in [-0.2, -0.15) is 0 Å². The number of benzene rings is 2. The molecule has 0 spiro atoms. The standard InChI is InChI=1S/C26H30Cl4N2O2S/c1-2-24(26(34)31-19-7-4-3-5-8-19)32(14-17-11-12-18(27)13-23(17)30)25(33)16-35-15-20-21(28)9-6-10-22(20)29/h6,9-13,19,24H,2-5,7-8,14-16H2,1H3,(H,31,34). The Balaban J connectivity index is 1.76. The summed E-state index contributed by atoms with van der Waals surface area (Å²) in [5, 5.41) is 5.31. The van der Waals surface area contributed by atoms with Gasteiger partial charge in [-0.05, 0) is 54.7 Å². The fourth-order valence-corrected chi connectivity index (χ4v) is 6.41. The van der Waals surface area contributed by atoms with Crippen LogP contribution in [0.2, 0.25) is 20.1 Å². The van der Waals surface area contributed by atoms with Gasteiger partial charge in [-0.3, -0.25) is 9.59 Å². The van der Waals surface area contributed by atoms with E-state index in [0.29, 0.717) is 32.3 Å². The molecule has 0 aromatic heterocycles. The van der Waals surface area contributed by atoms with Crippen molar-refractivity contribution in [2.24, 2.45) is 0 Å². The second-order valence-electron chi connectivity index (χ2n) is 8.72. The average molecular weight is 576 g/mol. The zero-order valence-electron chi connectivity index (χ0n) is 19.7. The summed E-state index contributed by atoms with van der Waals surface area (Å²) < 4.78 is 0. The van der Waals surface area contributed by atoms with Crippen molar-refractivity contribution in [2.75, 3.05) is 5.75 Å². The molecule has 0 radical (unpaired) electrons. The number of nitrogens with zero attached hydrogens (tertiary/aromatic N) is 1. The molecule has 1 atom stereocenters. The Morgan fingerprint density at radius 3 is 2.34 bits per heavy atom. The first-order chi connectivity index (χ1) is 16.8. The minimum Gasteiger partial charge on any atom is -0.352 e. The second kappa shape index (κ2) is 14.0. The van der Waals surface area contributed by atoms with Crippen LogP contribution in [-0.2, 0) is 21.9 Å². The first-order valence-corrected chi connectivity index (χ1v) is 14.5. The smallest absolute Gasteiger partial charge is 0.243 e. The Labute approximate surface area is 232 Å². The van der Waals surface area contributed by atoms with E-state index in [-0.39, 0.29) is 30.2 Å². The number of hydrogen-bond donors (Lipinski definition) is 1. The van der Waals surface area contributed by atoms with Gasteiger partial charge in [0, 0.05) is 38.4 Å². The predicted octanol–water partition coefficient (Wildman–Crippen LogP) is 7.79. The van der Waals surface area contributed by atoms with Gasteiger partial charge in [0.05, 0.1) is 5.75 Å². The largest absolute Gasteiger partial charge is 0.352 e. The van der Waals surface area contributed by atoms with Crippen LogP contribution in [0.25, 0.3) is 0 Å². The molecular formula is C26H30Cl4N2O2S. The lowest BCUT2D eigenvalue weighted by Gasteiger charge is -2.33. The van der Waals surface area contributed by atoms with E-state index in [1.54, 1.807) is 41.3 Å². The fraction of sp³-hybridized carbons (Fsp3) is 0.462. The van der Waals surface area contributed by atoms with Gasteiger partial charge in [-0.15, -0.1) is 11.8 Å². The van der Waals surface area contributed by atoms with Crippen molar-refractivity contribution < 1.29 is 9.59 Å². The quantitative estimate of drug-likeness (QED) is 0.314. The summed E-state index contributed by atoms with van der Waals surface area (Å²) in [6, 6.07) is 10.1. The number of hydrogen-bond acceptors (Lipinski definition) is 3. The highest BCUT2D eigenvalue weighted by atomic mass is 35.5. The van der Waals surface area contributed by atoms with Crippen molar-refractivity contribution in [1.82, 2.24) is 10.2 Å². The lowest BCUT2D eigenvalue weighted by molar-refractivity contribution is -0.139. The van der Waals surface area contributed by atoms with Crippen molar-refractivity contribution in [1.29, 1.82) is 0 Å². The van der Waals surface area contributed by atoms with Crippen LogP contribution in [0, 0.1) is 0 Å². The molecule has 1 fully saturated rings. The molecule has 2 amide bonds. The summed E-state index contributed by atoms with van der Waals surface area (Å²) in [5.41, 5.74) is 1.54. The van der Waals surface area contributed by atoms with Gasteiger partial charge >= 0.3 is 0 Å². The van der Waals surface area contributed by atoms with Gasteiger partial charge < -0.3 is 10.2 Å². The minimum atomic E-state index is -0.597. The van der Waals surface area contributed by atoms with Crippen LogP contribution in [0.15, 0.2) is 36.4 Å². The van der Waals surface area contributed by atoms with E-state index in [2.05, 4.69) is 5.32 Å². The van der Waals surface area contributed by atoms with E-state index < -0.39 is 6.04 Å². The maximum Gasteiger partial charge on any atom is 0.243 e. The number of rotatable bonds is 10. The van der Waals surface area contributed by atoms with E-state index in [1.165, 1.54) is 18.2 Å². The number of amides is 2. The highest BCUT2D eigenvalue weighted by molar-refractivity contribution is 7.99. The third kappa shape index (κ3) is 8.19. The SMILES string of the molecule is CCC(C(=O)NC1CCCCC1)N(Cc1ccc(Cl)cc1Cl)C(=O)CSCc1c(Cl)cccc1Cl. The molecule has 0 saturated heterocycles. The van der Waals surface area contributed by atoms with Crippen LogP contribution < -0.4 is 5.32 Å². The molecule has 3 rings (SSSR count). The molecule has 2 aromatic rings. The Morgan fingerprint density at radius 1 is 1.03 bits per heavy atom. The van der Waals surface area contributed by atoms with Crippen LogP contribution in [0.3, 0.4) is 0 Å². The third-order valence-corrected chi connectivity index (χ3v) is 8.47. The first-order valence-electron chi connectivity index (χ1n) is 11.8. The first kappa shape index (κ1) is 28.5. The van der Waals surface area contributed by atoms with Gasteiger partial charge in [0.25, 0.3) is 0 Å². The summed E-state index contributed by atoms with van der Waals surface area (Å²) in [4.78, 5) is 28.4. The number of carbonyl (C=O) groups is 2. The Hall–Kier alpha value is -1.11. The third-order valence-electron chi connectivity index (χ3n) is 6.23. The highest BCUT2D eigenvalue weighted by Gasteiger charge is 2.30. The topological polar surface area (TPSA) is 49.4 Å². The number of carbonyl (C=O) groups excluding carboxylic acids is 2. The maximum atomic E-state index is 13.5. The van der Waals surface area contributed by atoms with Gasteiger partial charge in [0.2, 0.25) is 11.8 Å². The summed E-state index contributed by atoms with van der Waals surface area (Å²) in [6.07, 6.45) is 5.89. The molecule has 0 aliphatic heterocycles. The molecule has 1 N–H and O–H groups in total. The van der Waals surface area contributed by atoms with Crippen LogP contribution in [0.1, 0.15) is 56.6 Å². The lowest BCUT2D eigenvalue weighted by atomic mass is 9.95. The highest BCUT2D eigenvalue weighted by Crippen LogP contribution is 2.29. The van der Waals surface area contributed by atoms with Crippen molar-refractivity contribution >= 4 is 70.0 Å². The van der Waals surface area contributed by atoms with Crippen LogP contribution >= 0.6 is 58.2 Å². The fourth-order valence-electron chi connectivity index (χ4n) is 4.29. The number of nitrogens with one attached hydrogen (secondary N) is 1. The van der Waals surface area contributed by atoms with Crippen LogP contribution in [0.5, 0.6) is 0 Å². The molecule has 1 unspecified atom stereocenters. The predicted molar refractivity (Wildman–Crippen MR) is 149 cm³/mol. The zero-order valence-corrected chi connectivity index (χ0v) is 23.5. The van der Waals surface area contributed by atoms with Crippen molar-refractivity contribution in [3.8, 4) is 0 Å². The monoisotopic (exact) mass is 574 g/mol. The van der Waals surface area contributed by atoms with Gasteiger partial charge in [0.15, 0.2) is 0 Å². The van der Waals surface area contributed by atoms with Crippen molar-refractivity contribution in [2.45, 2.75) is 69.8 Å². The normalized spacial score (nSPS) is 15.0. The van der Waals surface area contributed by atoms with Gasteiger partial charge in [-0.1, -0.05) is 84.7 Å². The molecule has 0 bridgehead atoms. The molecule has 0 heterocycles. The van der Waals surface area contributed by atoms with E-state index in [9.17, 15) is 9.59 Å². The van der Waals surface area contributed by atoms with E-state index in [4.69, 9.17) is 46.4 Å². The molecule has 1 aliphatic rings. The summed E-state index contributed by atoms with van der Waals surface area (Å²) in [6.45, 7) is 2.14. The van der Waals surface area contributed by atoms with E-state index in [0.717, 1.165) is 36.8 Å². The molecule has 2 aromatic carbocycles. The van der Waals surface area contributed by atoms with Crippen LogP contribution in [-0.4, -0.2) is 34.6 Å². The Kier molecular flexibility index (Phi) is 11.4. The van der Waals surface area contributed by atoms with E-state index >= 15 is 0 Å². The van der Waals surface area contributed by atoms with Gasteiger partial charge in [-0.25, -0.2) is 0 Å². The molecule has 35 heavy (non-hydrogen) atoms. The van der Waals surface area contributed by atoms with Crippen molar-refractivity contribution in [3.63, 3.8) is 0 Å². The summed E-state index contributed by atoms with van der Waals surface area (Å²) in [5.74, 6) is 0.414. The second-order valence-corrected chi connectivity index (χ2v) is 11.4. The van der Waals surface area contributed by atoms with Crippen molar-refractivity contribution in [3.05, 3.63) is 67.6 Å². The number of thioether (sulfide) groups is 1. The summed E-state index contributed by atoms with van der Waals surface area (Å²) >= 11 is 26.5. The Bertz CT molecular complexity index is 1010. The summed E-state index contributed by atoms with van der Waals surface area (Å²) in [7, 11) is 0. The number of halogens is 4. The molecule has 1 aliphatic carbocycles.